The van der Waals surface area contributed by atoms with Crippen LogP contribution in [-0.2, 0) is 0 Å². The first-order valence-corrected chi connectivity index (χ1v) is 6.40. The molecule has 2 rings (SSSR count). The van der Waals surface area contributed by atoms with Crippen molar-refractivity contribution in [3.05, 3.63) is 44.6 Å². The molecule has 2 aromatic rings. The van der Waals surface area contributed by atoms with Gasteiger partial charge in [-0.05, 0) is 40.2 Å². The Morgan fingerprint density at radius 1 is 1.28 bits per heavy atom. The van der Waals surface area contributed by atoms with Crippen LogP contribution in [0.5, 0.6) is 0 Å². The third-order valence-corrected chi connectivity index (χ3v) is 3.79. The second-order valence-corrected chi connectivity index (χ2v) is 5.85. The van der Waals surface area contributed by atoms with E-state index < -0.39 is 17.5 Å². The summed E-state index contributed by atoms with van der Waals surface area (Å²) in [5, 5.41) is 2.26. The summed E-state index contributed by atoms with van der Waals surface area (Å²) in [5.41, 5.74) is 5.12. The van der Waals surface area contributed by atoms with Gasteiger partial charge in [-0.3, -0.25) is 4.79 Å². The second-order valence-electron chi connectivity index (χ2n) is 3.38. The van der Waals surface area contributed by atoms with E-state index >= 15 is 0 Å². The molecule has 1 heterocycles. The van der Waals surface area contributed by atoms with Crippen molar-refractivity contribution in [3.63, 3.8) is 0 Å². The predicted molar refractivity (Wildman–Crippen MR) is 70.7 cm³/mol. The van der Waals surface area contributed by atoms with Crippen LogP contribution in [0.15, 0.2) is 28.1 Å². The normalized spacial score (nSPS) is 10.4. The molecule has 7 heteroatoms. The number of rotatable bonds is 2. The maximum Gasteiger partial charge on any atom is 0.265 e. The van der Waals surface area contributed by atoms with Crippen LogP contribution in [0.4, 0.5) is 20.2 Å². The average molecular weight is 333 g/mol. The molecule has 0 spiro atoms. The van der Waals surface area contributed by atoms with Gasteiger partial charge >= 0.3 is 0 Å². The SMILES string of the molecule is Nc1ccc(F)c(F)c1NC(=O)c1ccc(Br)s1. The quantitative estimate of drug-likeness (QED) is 0.825. The number of anilines is 2. The number of hydrogen-bond donors (Lipinski definition) is 2. The van der Waals surface area contributed by atoms with Crippen LogP contribution in [-0.4, -0.2) is 5.91 Å². The number of nitrogens with one attached hydrogen (secondary N) is 1. The lowest BCUT2D eigenvalue weighted by Crippen LogP contribution is -2.13. The fourth-order valence-corrected chi connectivity index (χ4v) is 2.59. The largest absolute Gasteiger partial charge is 0.397 e. The van der Waals surface area contributed by atoms with E-state index in [9.17, 15) is 13.6 Å². The van der Waals surface area contributed by atoms with Crippen LogP contribution >= 0.6 is 27.3 Å². The minimum atomic E-state index is -1.17. The zero-order chi connectivity index (χ0) is 13.3. The van der Waals surface area contributed by atoms with Crippen molar-refractivity contribution < 1.29 is 13.6 Å². The van der Waals surface area contributed by atoms with Gasteiger partial charge in [0, 0.05) is 0 Å². The third kappa shape index (κ3) is 2.51. The second kappa shape index (κ2) is 5.03. The number of amides is 1. The monoisotopic (exact) mass is 332 g/mol. The van der Waals surface area contributed by atoms with Gasteiger partial charge in [-0.2, -0.15) is 0 Å². The lowest BCUT2D eigenvalue weighted by atomic mass is 10.2. The summed E-state index contributed by atoms with van der Waals surface area (Å²) in [5.74, 6) is -2.77. The van der Waals surface area contributed by atoms with E-state index in [2.05, 4.69) is 21.2 Å². The topological polar surface area (TPSA) is 55.1 Å². The van der Waals surface area contributed by atoms with E-state index in [1.165, 1.54) is 17.4 Å². The molecule has 0 radical (unpaired) electrons. The molecule has 1 amide bonds. The fraction of sp³-hybridized carbons (Fsp3) is 0. The molecule has 1 aromatic carbocycles. The highest BCUT2D eigenvalue weighted by molar-refractivity contribution is 9.11. The number of carbonyl (C=O) groups is 1. The Kier molecular flexibility index (Phi) is 3.63. The molecule has 0 unspecified atom stereocenters. The van der Waals surface area contributed by atoms with Gasteiger partial charge in [0.25, 0.3) is 5.91 Å². The standard InChI is InChI=1S/C11H7BrF2N2OS/c12-8-4-3-7(18-8)11(17)16-10-6(15)2-1-5(13)9(10)14/h1-4H,15H2,(H,16,17). The maximum atomic E-state index is 13.5. The number of carbonyl (C=O) groups excluding carboxylic acids is 1. The van der Waals surface area contributed by atoms with Crippen LogP contribution in [0.25, 0.3) is 0 Å². The predicted octanol–water partition coefficient (Wildman–Crippen LogP) is 3.62. The van der Waals surface area contributed by atoms with Gasteiger partial charge in [0.15, 0.2) is 11.6 Å². The van der Waals surface area contributed by atoms with Crippen LogP contribution < -0.4 is 11.1 Å². The van der Waals surface area contributed by atoms with Gasteiger partial charge in [0.2, 0.25) is 0 Å². The van der Waals surface area contributed by atoms with E-state index in [1.54, 1.807) is 12.1 Å². The minimum absolute atomic E-state index is 0.0297. The number of hydrogen-bond acceptors (Lipinski definition) is 3. The molecule has 0 saturated heterocycles. The first kappa shape index (κ1) is 13.0. The molecule has 0 fully saturated rings. The smallest absolute Gasteiger partial charge is 0.265 e. The van der Waals surface area contributed by atoms with Crippen molar-refractivity contribution in [1.82, 2.24) is 0 Å². The van der Waals surface area contributed by atoms with Crippen molar-refractivity contribution >= 4 is 44.5 Å². The Labute approximate surface area is 114 Å². The van der Waals surface area contributed by atoms with Gasteiger partial charge in [-0.25, -0.2) is 8.78 Å². The first-order valence-electron chi connectivity index (χ1n) is 4.79. The third-order valence-electron chi connectivity index (χ3n) is 2.16. The lowest BCUT2D eigenvalue weighted by molar-refractivity contribution is 0.103. The summed E-state index contributed by atoms with van der Waals surface area (Å²) in [6.45, 7) is 0. The molecular weight excluding hydrogens is 326 g/mol. The summed E-state index contributed by atoms with van der Waals surface area (Å²) < 4.78 is 27.3. The van der Waals surface area contributed by atoms with Crippen molar-refractivity contribution in [2.24, 2.45) is 0 Å². The van der Waals surface area contributed by atoms with E-state index in [0.717, 1.165) is 9.85 Å². The van der Waals surface area contributed by atoms with Gasteiger partial charge in [-0.1, -0.05) is 0 Å². The zero-order valence-corrected chi connectivity index (χ0v) is 11.2. The van der Waals surface area contributed by atoms with Gasteiger partial charge in [0.1, 0.15) is 5.69 Å². The minimum Gasteiger partial charge on any atom is -0.397 e. The van der Waals surface area contributed by atoms with Crippen molar-refractivity contribution in [2.45, 2.75) is 0 Å². The molecule has 3 nitrogen and oxygen atoms in total. The highest BCUT2D eigenvalue weighted by atomic mass is 79.9. The summed E-state index contributed by atoms with van der Waals surface area (Å²) in [4.78, 5) is 12.1. The molecule has 18 heavy (non-hydrogen) atoms. The van der Waals surface area contributed by atoms with Crippen LogP contribution in [0.2, 0.25) is 0 Å². The Balaban J connectivity index is 2.30. The molecule has 0 atom stereocenters. The van der Waals surface area contributed by atoms with E-state index in [-0.39, 0.29) is 11.4 Å². The van der Waals surface area contributed by atoms with Crippen molar-refractivity contribution in [2.75, 3.05) is 11.1 Å². The van der Waals surface area contributed by atoms with Crippen LogP contribution in [0.1, 0.15) is 9.67 Å². The molecular formula is C11H7BrF2N2OS. The van der Waals surface area contributed by atoms with Crippen LogP contribution in [0, 0.1) is 11.6 Å². The lowest BCUT2D eigenvalue weighted by Gasteiger charge is -2.08. The molecule has 0 aliphatic carbocycles. The summed E-state index contributed by atoms with van der Waals surface area (Å²) >= 11 is 4.38. The van der Waals surface area contributed by atoms with E-state index in [0.29, 0.717) is 4.88 Å². The molecule has 0 aliphatic heterocycles. The summed E-state index contributed by atoms with van der Waals surface area (Å²) in [6, 6.07) is 5.35. The maximum absolute atomic E-state index is 13.5. The van der Waals surface area contributed by atoms with Gasteiger partial charge < -0.3 is 11.1 Å². The Morgan fingerprint density at radius 3 is 2.61 bits per heavy atom. The molecule has 0 aliphatic rings. The Hall–Kier alpha value is -1.47. The number of nitrogens with two attached hydrogens (primary N) is 1. The number of halogens is 3. The van der Waals surface area contributed by atoms with Crippen LogP contribution in [0.3, 0.4) is 0 Å². The number of nitrogen functional groups attached to an aromatic ring is 1. The molecule has 94 valence electrons. The molecule has 1 aromatic heterocycles. The Morgan fingerprint density at radius 2 is 2.00 bits per heavy atom. The molecule has 0 saturated carbocycles. The average Bonchev–Trinajstić information content (AvgIpc) is 2.76. The zero-order valence-electron chi connectivity index (χ0n) is 8.84. The highest BCUT2D eigenvalue weighted by Gasteiger charge is 2.16. The van der Waals surface area contributed by atoms with E-state index in [4.69, 9.17) is 5.73 Å². The fourth-order valence-electron chi connectivity index (χ4n) is 1.30. The number of benzene rings is 1. The Bertz CT molecular complexity index is 615. The summed E-state index contributed by atoms with van der Waals surface area (Å²) in [7, 11) is 0. The number of thiophene rings is 1. The first-order chi connectivity index (χ1) is 8.49. The van der Waals surface area contributed by atoms with Gasteiger partial charge in [-0.15, -0.1) is 11.3 Å². The summed E-state index contributed by atoms with van der Waals surface area (Å²) in [6.07, 6.45) is 0. The molecule has 0 bridgehead atoms. The van der Waals surface area contributed by atoms with Crippen molar-refractivity contribution in [3.8, 4) is 0 Å². The van der Waals surface area contributed by atoms with Gasteiger partial charge in [0.05, 0.1) is 14.4 Å². The van der Waals surface area contributed by atoms with Crippen molar-refractivity contribution in [1.29, 1.82) is 0 Å². The molecule has 3 N–H and O–H groups in total. The van der Waals surface area contributed by atoms with E-state index in [1.807, 2.05) is 0 Å². The highest BCUT2D eigenvalue weighted by Crippen LogP contribution is 2.27.